The summed E-state index contributed by atoms with van der Waals surface area (Å²) in [4.78, 5) is 10.4. The SMILES string of the molecule is CCCCCC[C@H](O)C[C@@H](O)[C@@H](O)CCCCCCCC(=O)O. The van der Waals surface area contributed by atoms with E-state index in [-0.39, 0.29) is 12.8 Å². The summed E-state index contributed by atoms with van der Waals surface area (Å²) in [5, 5.41) is 38.2. The Bertz CT molecular complexity index is 283. The summed E-state index contributed by atoms with van der Waals surface area (Å²) in [7, 11) is 0. The predicted octanol–water partition coefficient (Wildman–Crippen LogP) is 3.24. The van der Waals surface area contributed by atoms with Gasteiger partial charge >= 0.3 is 5.97 Å². The van der Waals surface area contributed by atoms with Crippen LogP contribution in [-0.4, -0.2) is 44.7 Å². The number of unbranched alkanes of at least 4 members (excludes halogenated alkanes) is 7. The van der Waals surface area contributed by atoms with Crippen molar-refractivity contribution in [3.05, 3.63) is 0 Å². The van der Waals surface area contributed by atoms with E-state index in [2.05, 4.69) is 6.92 Å². The average molecular weight is 332 g/mol. The third-order valence-electron chi connectivity index (χ3n) is 4.24. The number of carboxylic acid groups (broad SMARTS) is 1. The van der Waals surface area contributed by atoms with Crippen LogP contribution in [0.3, 0.4) is 0 Å². The smallest absolute Gasteiger partial charge is 0.303 e. The molecule has 5 nitrogen and oxygen atoms in total. The summed E-state index contributed by atoms with van der Waals surface area (Å²) in [6.07, 6.45) is 8.21. The molecular weight excluding hydrogens is 296 g/mol. The van der Waals surface area contributed by atoms with E-state index in [4.69, 9.17) is 5.11 Å². The number of aliphatic hydroxyl groups excluding tert-OH is 3. The number of rotatable bonds is 16. The fourth-order valence-electron chi connectivity index (χ4n) is 2.71. The Morgan fingerprint density at radius 2 is 1.35 bits per heavy atom. The maximum atomic E-state index is 10.4. The zero-order chi connectivity index (χ0) is 17.5. The van der Waals surface area contributed by atoms with Gasteiger partial charge in [0, 0.05) is 12.8 Å². The van der Waals surface area contributed by atoms with Crippen LogP contribution >= 0.6 is 0 Å². The van der Waals surface area contributed by atoms with Gasteiger partial charge in [-0.3, -0.25) is 4.79 Å². The molecule has 0 aliphatic carbocycles. The van der Waals surface area contributed by atoms with Crippen LogP contribution in [-0.2, 0) is 4.79 Å². The van der Waals surface area contributed by atoms with E-state index >= 15 is 0 Å². The molecule has 0 aromatic heterocycles. The number of hydrogen-bond acceptors (Lipinski definition) is 4. The van der Waals surface area contributed by atoms with E-state index in [9.17, 15) is 20.1 Å². The van der Waals surface area contributed by atoms with Gasteiger partial charge in [0.05, 0.1) is 18.3 Å². The second-order valence-corrected chi connectivity index (χ2v) is 6.57. The quantitative estimate of drug-likeness (QED) is 0.325. The fourth-order valence-corrected chi connectivity index (χ4v) is 2.71. The molecule has 0 heterocycles. The molecule has 4 N–H and O–H groups in total. The van der Waals surface area contributed by atoms with Gasteiger partial charge in [-0.05, 0) is 19.3 Å². The van der Waals surface area contributed by atoms with Crippen molar-refractivity contribution >= 4 is 5.97 Å². The molecule has 0 bridgehead atoms. The molecule has 0 saturated carbocycles. The number of carbonyl (C=O) groups is 1. The summed E-state index contributed by atoms with van der Waals surface area (Å²) in [5.74, 6) is -0.753. The van der Waals surface area contributed by atoms with Gasteiger partial charge in [-0.25, -0.2) is 0 Å². The third kappa shape index (κ3) is 14.7. The molecule has 0 aromatic carbocycles. The lowest BCUT2D eigenvalue weighted by molar-refractivity contribution is -0.137. The summed E-state index contributed by atoms with van der Waals surface area (Å²) >= 11 is 0. The molecule has 0 unspecified atom stereocenters. The molecule has 138 valence electrons. The van der Waals surface area contributed by atoms with Crippen LogP contribution in [0.25, 0.3) is 0 Å². The van der Waals surface area contributed by atoms with E-state index in [1.165, 1.54) is 6.42 Å². The number of hydrogen-bond donors (Lipinski definition) is 4. The van der Waals surface area contributed by atoms with Gasteiger partial charge in [0.2, 0.25) is 0 Å². The van der Waals surface area contributed by atoms with Gasteiger partial charge in [0.25, 0.3) is 0 Å². The molecule has 0 saturated heterocycles. The van der Waals surface area contributed by atoms with Crippen LogP contribution in [0.1, 0.15) is 90.4 Å². The van der Waals surface area contributed by atoms with Crippen LogP contribution in [0.4, 0.5) is 0 Å². The third-order valence-corrected chi connectivity index (χ3v) is 4.24. The molecule has 0 fully saturated rings. The molecule has 0 spiro atoms. The Labute approximate surface area is 140 Å². The first-order chi connectivity index (χ1) is 11.0. The van der Waals surface area contributed by atoms with E-state index < -0.39 is 24.3 Å². The lowest BCUT2D eigenvalue weighted by Gasteiger charge is -2.20. The highest BCUT2D eigenvalue weighted by atomic mass is 16.4. The Kier molecular flexibility index (Phi) is 14.5. The Morgan fingerprint density at radius 3 is 2.00 bits per heavy atom. The molecule has 3 atom stereocenters. The van der Waals surface area contributed by atoms with Gasteiger partial charge in [0.15, 0.2) is 0 Å². The van der Waals surface area contributed by atoms with Crippen molar-refractivity contribution in [2.75, 3.05) is 0 Å². The van der Waals surface area contributed by atoms with Crippen molar-refractivity contribution in [2.45, 2.75) is 109 Å². The van der Waals surface area contributed by atoms with Gasteiger partial charge in [-0.1, -0.05) is 58.3 Å². The first-order valence-electron chi connectivity index (χ1n) is 9.23. The largest absolute Gasteiger partial charge is 0.481 e. The highest BCUT2D eigenvalue weighted by Crippen LogP contribution is 2.15. The summed E-state index contributed by atoms with van der Waals surface area (Å²) in [6.45, 7) is 2.14. The lowest BCUT2D eigenvalue weighted by atomic mass is 9.98. The molecule has 0 rings (SSSR count). The normalized spacial score (nSPS) is 15.3. The number of aliphatic carboxylic acids is 1. The van der Waals surface area contributed by atoms with Crippen LogP contribution in [0.5, 0.6) is 0 Å². The van der Waals surface area contributed by atoms with Gasteiger partial charge in [0.1, 0.15) is 0 Å². The maximum Gasteiger partial charge on any atom is 0.303 e. The first kappa shape index (κ1) is 22.4. The summed E-state index contributed by atoms with van der Waals surface area (Å²) < 4.78 is 0. The van der Waals surface area contributed by atoms with Gasteiger partial charge in [-0.2, -0.15) is 0 Å². The van der Waals surface area contributed by atoms with Crippen molar-refractivity contribution in [1.29, 1.82) is 0 Å². The topological polar surface area (TPSA) is 98.0 Å². The Hall–Kier alpha value is -0.650. The number of aliphatic hydroxyl groups is 3. The van der Waals surface area contributed by atoms with Crippen molar-refractivity contribution < 1.29 is 25.2 Å². The first-order valence-corrected chi connectivity index (χ1v) is 9.23. The minimum Gasteiger partial charge on any atom is -0.481 e. The Morgan fingerprint density at radius 1 is 0.783 bits per heavy atom. The molecule has 5 heteroatoms. The van der Waals surface area contributed by atoms with Crippen LogP contribution in [0, 0.1) is 0 Å². The highest BCUT2D eigenvalue weighted by Gasteiger charge is 2.19. The standard InChI is InChI=1S/C18H36O5/c1-2-3-4-8-11-15(19)14-17(21)16(20)12-9-6-5-7-10-13-18(22)23/h15-17,19-21H,2-14H2,1H3,(H,22,23)/t15-,16-,17+/m0/s1. The minimum absolute atomic E-state index is 0.220. The second kappa shape index (κ2) is 14.9. The molecule has 23 heavy (non-hydrogen) atoms. The molecule has 0 aliphatic heterocycles. The van der Waals surface area contributed by atoms with Crippen molar-refractivity contribution in [1.82, 2.24) is 0 Å². The van der Waals surface area contributed by atoms with Crippen LogP contribution in [0.2, 0.25) is 0 Å². The maximum absolute atomic E-state index is 10.4. The van der Waals surface area contributed by atoms with Crippen molar-refractivity contribution in [3.8, 4) is 0 Å². The van der Waals surface area contributed by atoms with E-state index in [1.54, 1.807) is 0 Å². The molecule has 0 aliphatic rings. The minimum atomic E-state index is -0.858. The van der Waals surface area contributed by atoms with E-state index in [0.29, 0.717) is 19.3 Å². The molecular formula is C18H36O5. The van der Waals surface area contributed by atoms with E-state index in [1.807, 2.05) is 0 Å². The summed E-state index contributed by atoms with van der Waals surface area (Å²) in [6, 6.07) is 0. The monoisotopic (exact) mass is 332 g/mol. The zero-order valence-electron chi connectivity index (χ0n) is 14.6. The van der Waals surface area contributed by atoms with E-state index in [0.717, 1.165) is 44.9 Å². The fraction of sp³-hybridized carbons (Fsp3) is 0.944. The summed E-state index contributed by atoms with van der Waals surface area (Å²) in [5.41, 5.74) is 0. The van der Waals surface area contributed by atoms with Gasteiger partial charge in [-0.15, -0.1) is 0 Å². The van der Waals surface area contributed by atoms with Crippen LogP contribution in [0.15, 0.2) is 0 Å². The molecule has 0 aromatic rings. The predicted molar refractivity (Wildman–Crippen MR) is 91.4 cm³/mol. The highest BCUT2D eigenvalue weighted by molar-refractivity contribution is 5.66. The van der Waals surface area contributed by atoms with Crippen LogP contribution < -0.4 is 0 Å². The number of carboxylic acids is 1. The van der Waals surface area contributed by atoms with Crippen molar-refractivity contribution in [3.63, 3.8) is 0 Å². The second-order valence-electron chi connectivity index (χ2n) is 6.57. The Balaban J connectivity index is 3.57. The lowest BCUT2D eigenvalue weighted by Crippen LogP contribution is -2.30. The average Bonchev–Trinajstić information content (AvgIpc) is 2.50. The van der Waals surface area contributed by atoms with Gasteiger partial charge < -0.3 is 20.4 Å². The molecule has 0 radical (unpaired) electrons. The molecule has 0 amide bonds. The zero-order valence-corrected chi connectivity index (χ0v) is 14.6. The van der Waals surface area contributed by atoms with Crippen molar-refractivity contribution in [2.24, 2.45) is 0 Å².